The van der Waals surface area contributed by atoms with Gasteiger partial charge in [-0.15, -0.1) is 0 Å². The van der Waals surface area contributed by atoms with E-state index in [9.17, 15) is 0 Å². The number of para-hydroxylation sites is 1. The maximum absolute atomic E-state index is 6.42. The molecule has 0 saturated heterocycles. The first-order valence-corrected chi connectivity index (χ1v) is 11.0. The quantitative estimate of drug-likeness (QED) is 0.293. The van der Waals surface area contributed by atoms with Gasteiger partial charge in [-0.1, -0.05) is 86.6 Å². The van der Waals surface area contributed by atoms with Gasteiger partial charge in [0.2, 0.25) is 0 Å². The summed E-state index contributed by atoms with van der Waals surface area (Å²) in [7, 11) is 0. The molecule has 2 nitrogen and oxygen atoms in total. The summed E-state index contributed by atoms with van der Waals surface area (Å²) in [6, 6.07) is 34.0. The second-order valence-electron chi connectivity index (χ2n) is 8.86. The topological polar surface area (TPSA) is 26.0 Å². The van der Waals surface area contributed by atoms with Gasteiger partial charge in [0.1, 0.15) is 11.2 Å². The van der Waals surface area contributed by atoms with Gasteiger partial charge in [-0.25, -0.2) is 0 Å². The summed E-state index contributed by atoms with van der Waals surface area (Å²) >= 11 is 0. The lowest BCUT2D eigenvalue weighted by molar-refractivity contribution is 0.640. The first kappa shape index (κ1) is 18.8. The van der Waals surface area contributed by atoms with Gasteiger partial charge >= 0.3 is 0 Å². The Hall–Kier alpha value is -3.91. The average Bonchev–Trinajstić information content (AvgIpc) is 3.24. The number of rotatable bonds is 3. The zero-order chi connectivity index (χ0) is 21.7. The van der Waals surface area contributed by atoms with Crippen LogP contribution >= 0.6 is 0 Å². The largest absolute Gasteiger partial charge is 0.455 e. The van der Waals surface area contributed by atoms with Crippen molar-refractivity contribution in [2.75, 3.05) is 0 Å². The first-order valence-electron chi connectivity index (χ1n) is 11.0. The lowest BCUT2D eigenvalue weighted by Gasteiger charge is -2.26. The zero-order valence-electron chi connectivity index (χ0n) is 18.2. The summed E-state index contributed by atoms with van der Waals surface area (Å²) in [4.78, 5) is 4.74. The van der Waals surface area contributed by atoms with E-state index in [1.165, 1.54) is 27.3 Å². The molecule has 0 N–H and O–H groups in total. The molecule has 0 aliphatic carbocycles. The fourth-order valence-corrected chi connectivity index (χ4v) is 4.76. The van der Waals surface area contributed by atoms with Gasteiger partial charge in [-0.2, -0.15) is 0 Å². The SMILES string of the molecule is CC(C)(c1ccccc1)c1ccnc(-c2cccc3c2oc2ccc4ccccc4c23)c1. The van der Waals surface area contributed by atoms with E-state index in [1.807, 2.05) is 6.20 Å². The second kappa shape index (κ2) is 7.06. The molecule has 0 aliphatic rings. The summed E-state index contributed by atoms with van der Waals surface area (Å²) in [5.41, 5.74) is 6.14. The minimum atomic E-state index is -0.128. The molecule has 0 aliphatic heterocycles. The van der Waals surface area contributed by atoms with Crippen molar-refractivity contribution in [3.8, 4) is 11.3 Å². The van der Waals surface area contributed by atoms with E-state index in [1.54, 1.807) is 0 Å². The van der Waals surface area contributed by atoms with E-state index in [0.29, 0.717) is 0 Å². The molecule has 0 bridgehead atoms. The van der Waals surface area contributed by atoms with Crippen LogP contribution in [-0.4, -0.2) is 4.98 Å². The Morgan fingerprint density at radius 2 is 1.47 bits per heavy atom. The highest BCUT2D eigenvalue weighted by Crippen LogP contribution is 2.39. The molecule has 0 spiro atoms. The molecular weight excluding hydrogens is 390 g/mol. The Morgan fingerprint density at radius 3 is 2.34 bits per heavy atom. The van der Waals surface area contributed by atoms with Gasteiger partial charge in [0.05, 0.1) is 5.69 Å². The summed E-state index contributed by atoms with van der Waals surface area (Å²) < 4.78 is 6.42. The number of benzene rings is 4. The van der Waals surface area contributed by atoms with Crippen molar-refractivity contribution in [2.24, 2.45) is 0 Å². The summed E-state index contributed by atoms with van der Waals surface area (Å²) in [5.74, 6) is 0. The number of pyridine rings is 1. The predicted octanol–water partition coefficient (Wildman–Crippen LogP) is 8.13. The maximum Gasteiger partial charge on any atom is 0.144 e. The van der Waals surface area contributed by atoms with Crippen LogP contribution in [-0.2, 0) is 5.41 Å². The molecule has 2 aromatic heterocycles. The van der Waals surface area contributed by atoms with Crippen LogP contribution in [0.4, 0.5) is 0 Å². The molecule has 6 rings (SSSR count). The summed E-state index contributed by atoms with van der Waals surface area (Å²) in [6.07, 6.45) is 1.91. The molecule has 0 radical (unpaired) electrons. The molecule has 4 aromatic carbocycles. The Balaban J connectivity index is 1.57. The van der Waals surface area contributed by atoms with E-state index < -0.39 is 0 Å². The van der Waals surface area contributed by atoms with Crippen molar-refractivity contribution in [3.05, 3.63) is 114 Å². The van der Waals surface area contributed by atoms with Gasteiger partial charge in [0.15, 0.2) is 0 Å². The van der Waals surface area contributed by atoms with Crippen LogP contribution in [0.2, 0.25) is 0 Å². The van der Waals surface area contributed by atoms with Gasteiger partial charge in [0, 0.05) is 27.9 Å². The number of hydrogen-bond donors (Lipinski definition) is 0. The lowest BCUT2D eigenvalue weighted by atomic mass is 9.78. The first-order chi connectivity index (χ1) is 15.6. The molecular formula is C30H23NO. The lowest BCUT2D eigenvalue weighted by Crippen LogP contribution is -2.18. The van der Waals surface area contributed by atoms with Gasteiger partial charge in [0.25, 0.3) is 0 Å². The highest BCUT2D eigenvalue weighted by Gasteiger charge is 2.24. The average molecular weight is 414 g/mol. The van der Waals surface area contributed by atoms with Crippen LogP contribution in [0.1, 0.15) is 25.0 Å². The minimum Gasteiger partial charge on any atom is -0.455 e. The van der Waals surface area contributed by atoms with E-state index in [0.717, 1.165) is 27.8 Å². The molecule has 0 saturated carbocycles. The third-order valence-electron chi connectivity index (χ3n) is 6.64. The highest BCUT2D eigenvalue weighted by molar-refractivity contribution is 6.20. The monoisotopic (exact) mass is 413 g/mol. The number of furan rings is 1. The standard InChI is InChI=1S/C30H23NO/c1-30(2,21-10-4-3-5-11-21)22-17-18-31-26(19-22)24-13-8-14-25-28-23-12-7-6-9-20(23)15-16-27(28)32-29(24)25/h3-19H,1-2H3. The third-order valence-corrected chi connectivity index (χ3v) is 6.64. The Bertz CT molecular complexity index is 1590. The highest BCUT2D eigenvalue weighted by atomic mass is 16.3. The molecule has 2 heterocycles. The van der Waals surface area contributed by atoms with Crippen LogP contribution < -0.4 is 0 Å². The van der Waals surface area contributed by atoms with Crippen LogP contribution in [0.25, 0.3) is 44.0 Å². The second-order valence-corrected chi connectivity index (χ2v) is 8.86. The number of fused-ring (bicyclic) bond motifs is 5. The van der Waals surface area contributed by atoms with Crippen LogP contribution in [0, 0.1) is 0 Å². The molecule has 0 atom stereocenters. The van der Waals surface area contributed by atoms with Crippen LogP contribution in [0.5, 0.6) is 0 Å². The van der Waals surface area contributed by atoms with Gasteiger partial charge in [-0.3, -0.25) is 4.98 Å². The number of aromatic nitrogens is 1. The maximum atomic E-state index is 6.42. The zero-order valence-corrected chi connectivity index (χ0v) is 18.2. The normalized spacial score (nSPS) is 12.1. The molecule has 0 fully saturated rings. The third kappa shape index (κ3) is 2.84. The fraction of sp³-hybridized carbons (Fsp3) is 0.100. The van der Waals surface area contributed by atoms with E-state index in [-0.39, 0.29) is 5.41 Å². The molecule has 6 aromatic rings. The Morgan fingerprint density at radius 1 is 0.688 bits per heavy atom. The van der Waals surface area contributed by atoms with Gasteiger partial charge in [-0.05, 0) is 46.2 Å². The summed E-state index contributed by atoms with van der Waals surface area (Å²) in [6.45, 7) is 4.52. The van der Waals surface area contributed by atoms with Crippen molar-refractivity contribution >= 4 is 32.7 Å². The molecule has 2 heteroatoms. The van der Waals surface area contributed by atoms with Crippen molar-refractivity contribution in [2.45, 2.75) is 19.3 Å². The van der Waals surface area contributed by atoms with Crippen molar-refractivity contribution < 1.29 is 4.42 Å². The molecule has 0 amide bonds. The smallest absolute Gasteiger partial charge is 0.144 e. The van der Waals surface area contributed by atoms with Gasteiger partial charge < -0.3 is 4.42 Å². The van der Waals surface area contributed by atoms with Crippen molar-refractivity contribution in [1.82, 2.24) is 4.98 Å². The predicted molar refractivity (Wildman–Crippen MR) is 133 cm³/mol. The number of hydrogen-bond acceptors (Lipinski definition) is 2. The Kier molecular flexibility index (Phi) is 4.16. The van der Waals surface area contributed by atoms with E-state index in [2.05, 4.69) is 111 Å². The van der Waals surface area contributed by atoms with E-state index >= 15 is 0 Å². The molecule has 0 unspecified atom stereocenters. The molecule has 32 heavy (non-hydrogen) atoms. The number of nitrogens with zero attached hydrogens (tertiary/aromatic N) is 1. The van der Waals surface area contributed by atoms with Crippen molar-refractivity contribution in [1.29, 1.82) is 0 Å². The van der Waals surface area contributed by atoms with Crippen molar-refractivity contribution in [3.63, 3.8) is 0 Å². The van der Waals surface area contributed by atoms with Crippen LogP contribution in [0.3, 0.4) is 0 Å². The Labute approximate surface area is 187 Å². The van der Waals surface area contributed by atoms with E-state index in [4.69, 9.17) is 9.40 Å². The molecule has 154 valence electrons. The van der Waals surface area contributed by atoms with Crippen LogP contribution in [0.15, 0.2) is 108 Å². The summed E-state index contributed by atoms with van der Waals surface area (Å²) in [5, 5.41) is 4.73. The fourth-order valence-electron chi connectivity index (χ4n) is 4.76. The minimum absolute atomic E-state index is 0.128.